The second-order valence-corrected chi connectivity index (χ2v) is 4.47. The Hall–Kier alpha value is -1.57. The van der Waals surface area contributed by atoms with Crippen LogP contribution in [0.2, 0.25) is 0 Å². The van der Waals surface area contributed by atoms with E-state index in [-0.39, 0.29) is 5.41 Å². The van der Waals surface area contributed by atoms with E-state index >= 15 is 0 Å². The van der Waals surface area contributed by atoms with E-state index in [0.29, 0.717) is 0 Å². The van der Waals surface area contributed by atoms with Crippen LogP contribution in [0.3, 0.4) is 0 Å². The highest BCUT2D eigenvalue weighted by Gasteiger charge is 2.40. The van der Waals surface area contributed by atoms with Crippen LogP contribution in [0.1, 0.15) is 46.5 Å². The van der Waals surface area contributed by atoms with Gasteiger partial charge < -0.3 is 5.32 Å². The van der Waals surface area contributed by atoms with E-state index in [9.17, 15) is 0 Å². The van der Waals surface area contributed by atoms with Gasteiger partial charge in [0.2, 0.25) is 0 Å². The third-order valence-electron chi connectivity index (χ3n) is 3.69. The molecule has 1 aliphatic heterocycles. The summed E-state index contributed by atoms with van der Waals surface area (Å²) in [6, 6.07) is 0. The summed E-state index contributed by atoms with van der Waals surface area (Å²) in [6.07, 6.45) is 13.2. The molecule has 1 heterocycles. The molecule has 1 aliphatic carbocycles. The van der Waals surface area contributed by atoms with Crippen LogP contribution in [0.15, 0.2) is 54.7 Å². The Bertz CT molecular complexity index is 369. The second-order valence-electron chi connectivity index (χ2n) is 4.47. The van der Waals surface area contributed by atoms with E-state index in [2.05, 4.69) is 49.1 Å². The maximum atomic E-state index is 4.63. The van der Waals surface area contributed by atoms with Crippen LogP contribution in [0.25, 0.3) is 0 Å². The van der Waals surface area contributed by atoms with Crippen molar-refractivity contribution in [3.8, 4) is 0 Å². The predicted octanol–water partition coefficient (Wildman–Crippen LogP) is 5.02. The molecule has 0 aromatic rings. The Balaban J connectivity index is 0.000000829. The Morgan fingerprint density at radius 2 is 1.90 bits per heavy atom. The average molecular weight is 274 g/mol. The SMILES string of the molecule is C=C.C=C/C(=C\C)C1(C2=NCC=CN2)CCCC1.CC. The number of rotatable bonds is 3. The topological polar surface area (TPSA) is 24.4 Å². The molecule has 0 bridgehead atoms. The molecule has 1 fully saturated rings. The normalized spacial score (nSPS) is 19.6. The Morgan fingerprint density at radius 1 is 1.30 bits per heavy atom. The molecule has 2 aliphatic rings. The molecule has 20 heavy (non-hydrogen) atoms. The van der Waals surface area contributed by atoms with Crippen LogP contribution in [-0.4, -0.2) is 12.4 Å². The van der Waals surface area contributed by atoms with Gasteiger partial charge in [0.05, 0.1) is 12.0 Å². The lowest BCUT2D eigenvalue weighted by Crippen LogP contribution is -2.39. The van der Waals surface area contributed by atoms with Crippen LogP contribution in [0.5, 0.6) is 0 Å². The number of allylic oxidation sites excluding steroid dienone is 2. The summed E-state index contributed by atoms with van der Waals surface area (Å²) in [6.45, 7) is 16.8. The highest BCUT2D eigenvalue weighted by Crippen LogP contribution is 2.45. The van der Waals surface area contributed by atoms with Crippen molar-refractivity contribution < 1.29 is 0 Å². The lowest BCUT2D eigenvalue weighted by atomic mass is 9.76. The molecule has 0 unspecified atom stereocenters. The molecule has 2 heteroatoms. The summed E-state index contributed by atoms with van der Waals surface area (Å²) in [5, 5.41) is 3.33. The maximum Gasteiger partial charge on any atom is 0.111 e. The molecule has 0 spiro atoms. The van der Waals surface area contributed by atoms with Crippen molar-refractivity contribution in [2.45, 2.75) is 46.5 Å². The minimum atomic E-state index is 0.112. The van der Waals surface area contributed by atoms with Crippen molar-refractivity contribution in [3.05, 3.63) is 49.7 Å². The molecule has 2 rings (SSSR count). The van der Waals surface area contributed by atoms with Crippen molar-refractivity contribution in [2.75, 3.05) is 6.54 Å². The number of nitrogens with zero attached hydrogens (tertiary/aromatic N) is 1. The first-order chi connectivity index (χ1) is 9.83. The minimum absolute atomic E-state index is 0.112. The zero-order valence-corrected chi connectivity index (χ0v) is 13.4. The van der Waals surface area contributed by atoms with Gasteiger partial charge in [0, 0.05) is 0 Å². The van der Waals surface area contributed by atoms with Gasteiger partial charge in [-0.25, -0.2) is 0 Å². The van der Waals surface area contributed by atoms with Gasteiger partial charge in [0.25, 0.3) is 0 Å². The molecule has 0 aromatic carbocycles. The number of aliphatic imine (C=N–C) groups is 1. The zero-order chi connectivity index (χ0) is 15.4. The van der Waals surface area contributed by atoms with Crippen LogP contribution >= 0.6 is 0 Å². The standard InChI is InChI=1S/C14H20N2.C2H6.C2H4/c1-3-12(4-2)14(8-5-6-9-14)13-15-10-7-11-16-13;2*1-2/h3-4,7,10H,1,5-6,8-9,11H2,2H3,(H,15,16);1-2H3;1-2H2/b12-4+;;. The van der Waals surface area contributed by atoms with Crippen LogP contribution in [0.4, 0.5) is 0 Å². The lowest BCUT2D eigenvalue weighted by Gasteiger charge is -2.33. The van der Waals surface area contributed by atoms with Gasteiger partial charge in [-0.15, -0.1) is 13.2 Å². The lowest BCUT2D eigenvalue weighted by molar-refractivity contribution is 0.516. The number of nitrogens with one attached hydrogen (secondary N) is 1. The molecule has 112 valence electrons. The fourth-order valence-electron chi connectivity index (χ4n) is 2.90. The molecular formula is C18H30N2. The van der Waals surface area contributed by atoms with Gasteiger partial charge in [0.1, 0.15) is 5.84 Å². The fourth-order valence-corrected chi connectivity index (χ4v) is 2.90. The molecule has 0 saturated heterocycles. The van der Waals surface area contributed by atoms with E-state index < -0.39 is 0 Å². The van der Waals surface area contributed by atoms with Gasteiger partial charge in [-0.1, -0.05) is 45.4 Å². The average Bonchev–Trinajstić information content (AvgIpc) is 3.04. The molecule has 1 N–H and O–H groups in total. The molecule has 0 aromatic heterocycles. The zero-order valence-electron chi connectivity index (χ0n) is 13.4. The monoisotopic (exact) mass is 274 g/mol. The molecule has 2 nitrogen and oxygen atoms in total. The highest BCUT2D eigenvalue weighted by atomic mass is 15.0. The van der Waals surface area contributed by atoms with E-state index in [4.69, 9.17) is 0 Å². The number of hydrogen-bond donors (Lipinski definition) is 1. The first-order valence-electron chi connectivity index (χ1n) is 7.59. The second kappa shape index (κ2) is 10.2. The van der Waals surface area contributed by atoms with Gasteiger partial charge in [-0.3, -0.25) is 4.99 Å². The summed E-state index contributed by atoms with van der Waals surface area (Å²) in [5.41, 5.74) is 1.44. The van der Waals surface area contributed by atoms with Crippen molar-refractivity contribution in [2.24, 2.45) is 10.4 Å². The molecule has 1 saturated carbocycles. The Labute approximate surface area is 125 Å². The van der Waals surface area contributed by atoms with Crippen molar-refractivity contribution >= 4 is 5.84 Å². The van der Waals surface area contributed by atoms with E-state index in [0.717, 1.165) is 12.4 Å². The van der Waals surface area contributed by atoms with Crippen molar-refractivity contribution in [1.82, 2.24) is 5.32 Å². The maximum absolute atomic E-state index is 4.63. The summed E-state index contributed by atoms with van der Waals surface area (Å²) < 4.78 is 0. The van der Waals surface area contributed by atoms with E-state index in [1.54, 1.807) is 0 Å². The first-order valence-corrected chi connectivity index (χ1v) is 7.59. The van der Waals surface area contributed by atoms with Gasteiger partial charge in [-0.05, 0) is 37.6 Å². The third kappa shape index (κ3) is 3.96. The van der Waals surface area contributed by atoms with Crippen molar-refractivity contribution in [1.29, 1.82) is 0 Å². The minimum Gasteiger partial charge on any atom is -0.350 e. The third-order valence-corrected chi connectivity index (χ3v) is 3.69. The molecular weight excluding hydrogens is 244 g/mol. The molecule has 0 radical (unpaired) electrons. The number of amidine groups is 1. The quantitative estimate of drug-likeness (QED) is 0.567. The highest BCUT2D eigenvalue weighted by molar-refractivity contribution is 5.93. The van der Waals surface area contributed by atoms with Gasteiger partial charge >= 0.3 is 0 Å². The summed E-state index contributed by atoms with van der Waals surface area (Å²) in [4.78, 5) is 4.63. The fraction of sp³-hybridized carbons (Fsp3) is 0.500. The van der Waals surface area contributed by atoms with Crippen LogP contribution in [-0.2, 0) is 0 Å². The Morgan fingerprint density at radius 3 is 2.30 bits per heavy atom. The van der Waals surface area contributed by atoms with Gasteiger partial charge in [0.15, 0.2) is 0 Å². The van der Waals surface area contributed by atoms with Crippen LogP contribution in [0, 0.1) is 5.41 Å². The Kier molecular flexibility index (Phi) is 9.44. The van der Waals surface area contributed by atoms with E-state index in [1.165, 1.54) is 31.3 Å². The predicted molar refractivity (Wildman–Crippen MR) is 92.0 cm³/mol. The molecule has 0 amide bonds. The van der Waals surface area contributed by atoms with Crippen LogP contribution < -0.4 is 5.32 Å². The smallest absolute Gasteiger partial charge is 0.111 e. The van der Waals surface area contributed by atoms with Crippen molar-refractivity contribution in [3.63, 3.8) is 0 Å². The largest absolute Gasteiger partial charge is 0.350 e. The summed E-state index contributed by atoms with van der Waals surface area (Å²) in [7, 11) is 0. The number of hydrogen-bond acceptors (Lipinski definition) is 2. The van der Waals surface area contributed by atoms with Gasteiger partial charge in [-0.2, -0.15) is 0 Å². The summed E-state index contributed by atoms with van der Waals surface area (Å²) in [5.74, 6) is 1.14. The summed E-state index contributed by atoms with van der Waals surface area (Å²) >= 11 is 0. The van der Waals surface area contributed by atoms with E-state index in [1.807, 2.05) is 26.1 Å². The first kappa shape index (κ1) is 18.4. The molecule has 0 atom stereocenters.